The van der Waals surface area contributed by atoms with Crippen LogP contribution in [0.5, 0.6) is 11.5 Å². The maximum Gasteiger partial charge on any atom is 0.231 e. The highest BCUT2D eigenvalue weighted by Crippen LogP contribution is 2.67. The van der Waals surface area contributed by atoms with Crippen LogP contribution in [0.1, 0.15) is 89.5 Å². The number of carbonyl (C=O) groups excluding carboxylic acids is 1. The molecule has 1 heterocycles. The van der Waals surface area contributed by atoms with E-state index in [1.54, 1.807) is 0 Å². The molecule has 4 aliphatic carbocycles. The number of fused-ring (bicyclic) bond motifs is 5. The van der Waals surface area contributed by atoms with Gasteiger partial charge >= 0.3 is 0 Å². The Morgan fingerprint density at radius 1 is 1.11 bits per heavy atom. The first-order valence-corrected chi connectivity index (χ1v) is 13.5. The molecular formula is C31H36O4. The SMILES string of the molecule is CCCC#CC[C@]1(O)CC[C@H]2[C@@H]3CCC4=CC(=O)CCC4=C3[C@@H](c3ccc4c(c3)OCO4)C[C@@]21C. The molecule has 2 saturated carbocycles. The zero-order valence-corrected chi connectivity index (χ0v) is 21.0. The van der Waals surface area contributed by atoms with Gasteiger partial charge in [0.25, 0.3) is 0 Å². The summed E-state index contributed by atoms with van der Waals surface area (Å²) in [5.41, 5.74) is 4.52. The Bertz CT molecular complexity index is 1180. The smallest absolute Gasteiger partial charge is 0.231 e. The Hall–Kier alpha value is -2.51. The van der Waals surface area contributed by atoms with Crippen LogP contribution in [-0.4, -0.2) is 23.3 Å². The minimum absolute atomic E-state index is 0.199. The third-order valence-electron chi connectivity index (χ3n) is 9.74. The van der Waals surface area contributed by atoms with Crippen molar-refractivity contribution in [3.8, 4) is 23.3 Å². The zero-order valence-electron chi connectivity index (χ0n) is 21.0. The van der Waals surface area contributed by atoms with E-state index in [-0.39, 0.29) is 23.9 Å². The molecule has 35 heavy (non-hydrogen) atoms. The van der Waals surface area contributed by atoms with Crippen LogP contribution in [0.25, 0.3) is 0 Å². The van der Waals surface area contributed by atoms with E-state index in [4.69, 9.17) is 9.47 Å². The molecule has 0 aromatic heterocycles. The summed E-state index contributed by atoms with van der Waals surface area (Å²) in [5.74, 6) is 9.61. The predicted octanol–water partition coefficient (Wildman–Crippen LogP) is 6.24. The molecule has 0 bridgehead atoms. The third kappa shape index (κ3) is 3.58. The van der Waals surface area contributed by atoms with Gasteiger partial charge in [-0.2, -0.15) is 0 Å². The molecule has 6 rings (SSSR count). The van der Waals surface area contributed by atoms with Crippen LogP contribution in [0.15, 0.2) is 41.0 Å². The van der Waals surface area contributed by atoms with Crippen LogP contribution in [0.3, 0.4) is 0 Å². The van der Waals surface area contributed by atoms with Gasteiger partial charge in [-0.3, -0.25) is 4.79 Å². The number of hydrogen-bond acceptors (Lipinski definition) is 4. The molecule has 0 saturated heterocycles. The van der Waals surface area contributed by atoms with E-state index in [2.05, 4.69) is 37.8 Å². The average Bonchev–Trinajstić information content (AvgIpc) is 3.43. The molecule has 1 aromatic carbocycles. The van der Waals surface area contributed by atoms with Crippen molar-refractivity contribution in [2.75, 3.05) is 6.79 Å². The predicted molar refractivity (Wildman–Crippen MR) is 135 cm³/mol. The topological polar surface area (TPSA) is 55.8 Å². The van der Waals surface area contributed by atoms with E-state index < -0.39 is 5.60 Å². The van der Waals surface area contributed by atoms with Gasteiger partial charge in [-0.25, -0.2) is 0 Å². The lowest BCUT2D eigenvalue weighted by molar-refractivity contribution is -0.114. The number of rotatable bonds is 3. The summed E-state index contributed by atoms with van der Waals surface area (Å²) in [6.45, 7) is 4.75. The standard InChI is InChI=1S/C31H36O4/c1-3-4-5-6-14-31(33)15-13-26-24-10-7-20-16-22(32)9-11-23(20)29(24)25(18-30(26,31)2)21-8-12-27-28(17-21)35-19-34-27/h8,12,16-17,24-26,33H,3-4,7,9-11,13-15,18-19H2,1-2H3/t24-,25+,26-,30-,31-/m0/s1. The second-order valence-electron chi connectivity index (χ2n) is 11.5. The van der Waals surface area contributed by atoms with Crippen LogP contribution in [-0.2, 0) is 4.79 Å². The number of carbonyl (C=O) groups is 1. The molecule has 0 radical (unpaired) electrons. The number of ketones is 1. The van der Waals surface area contributed by atoms with Gasteiger partial charge in [0.2, 0.25) is 6.79 Å². The first-order valence-electron chi connectivity index (χ1n) is 13.5. The molecule has 0 amide bonds. The van der Waals surface area contributed by atoms with Crippen LogP contribution in [0.4, 0.5) is 0 Å². The highest BCUT2D eigenvalue weighted by molar-refractivity contribution is 5.93. The Morgan fingerprint density at radius 3 is 2.83 bits per heavy atom. The van der Waals surface area contributed by atoms with Crippen LogP contribution in [0, 0.1) is 29.1 Å². The van der Waals surface area contributed by atoms with Gasteiger partial charge in [0.05, 0.1) is 5.60 Å². The van der Waals surface area contributed by atoms with Crippen molar-refractivity contribution in [1.82, 2.24) is 0 Å². The van der Waals surface area contributed by atoms with Gasteiger partial charge in [-0.05, 0) is 91.7 Å². The quantitative estimate of drug-likeness (QED) is 0.529. The van der Waals surface area contributed by atoms with Gasteiger partial charge in [-0.15, -0.1) is 11.8 Å². The second-order valence-corrected chi connectivity index (χ2v) is 11.5. The van der Waals surface area contributed by atoms with Gasteiger partial charge in [-0.1, -0.05) is 25.5 Å². The Labute approximate surface area is 208 Å². The van der Waals surface area contributed by atoms with E-state index in [0.29, 0.717) is 24.7 Å². The van der Waals surface area contributed by atoms with Crippen molar-refractivity contribution < 1.29 is 19.4 Å². The summed E-state index contributed by atoms with van der Waals surface area (Å²) < 4.78 is 11.3. The Balaban J connectivity index is 1.46. The minimum atomic E-state index is -0.762. The molecule has 0 spiro atoms. The molecule has 1 N–H and O–H groups in total. The van der Waals surface area contributed by atoms with Crippen molar-refractivity contribution in [2.24, 2.45) is 17.3 Å². The number of ether oxygens (including phenoxy) is 2. The van der Waals surface area contributed by atoms with Gasteiger partial charge in [0.15, 0.2) is 17.3 Å². The molecule has 5 atom stereocenters. The fourth-order valence-corrected chi connectivity index (χ4v) is 7.90. The average molecular weight is 473 g/mol. The normalized spacial score (nSPS) is 35.0. The van der Waals surface area contributed by atoms with Crippen molar-refractivity contribution >= 4 is 5.78 Å². The highest BCUT2D eigenvalue weighted by Gasteiger charge is 2.62. The zero-order chi connectivity index (χ0) is 24.2. The molecule has 4 nitrogen and oxygen atoms in total. The van der Waals surface area contributed by atoms with Gasteiger partial charge in [0.1, 0.15) is 0 Å². The summed E-state index contributed by atoms with van der Waals surface area (Å²) >= 11 is 0. The number of unbranched alkanes of at least 4 members (excludes halogenated alkanes) is 1. The van der Waals surface area contributed by atoms with Crippen molar-refractivity contribution in [2.45, 2.75) is 89.6 Å². The lowest BCUT2D eigenvalue weighted by Gasteiger charge is -2.54. The molecule has 2 fully saturated rings. The first kappa shape index (κ1) is 22.9. The molecule has 5 aliphatic rings. The van der Waals surface area contributed by atoms with E-state index in [9.17, 15) is 9.90 Å². The van der Waals surface area contributed by atoms with E-state index in [0.717, 1.165) is 62.9 Å². The van der Waals surface area contributed by atoms with Crippen molar-refractivity contribution in [1.29, 1.82) is 0 Å². The lowest BCUT2D eigenvalue weighted by atomic mass is 9.51. The lowest BCUT2D eigenvalue weighted by Crippen LogP contribution is -2.51. The van der Waals surface area contributed by atoms with Gasteiger partial charge in [0, 0.05) is 30.6 Å². The molecule has 184 valence electrons. The number of benzene rings is 1. The monoisotopic (exact) mass is 472 g/mol. The van der Waals surface area contributed by atoms with Crippen molar-refractivity contribution in [3.63, 3.8) is 0 Å². The third-order valence-corrected chi connectivity index (χ3v) is 9.74. The van der Waals surface area contributed by atoms with Crippen molar-refractivity contribution in [3.05, 3.63) is 46.6 Å². The first-order chi connectivity index (χ1) is 16.9. The van der Waals surface area contributed by atoms with Crippen LogP contribution in [0.2, 0.25) is 0 Å². The number of hydrogen-bond donors (Lipinski definition) is 1. The summed E-state index contributed by atoms with van der Waals surface area (Å²) in [4.78, 5) is 12.2. The number of aliphatic hydroxyl groups is 1. The Kier molecular flexibility index (Phi) is 5.60. The maximum atomic E-state index is 12.2. The van der Waals surface area contributed by atoms with Crippen LogP contribution >= 0.6 is 0 Å². The largest absolute Gasteiger partial charge is 0.454 e. The fourth-order valence-electron chi connectivity index (χ4n) is 7.90. The van der Waals surface area contributed by atoms with Gasteiger partial charge < -0.3 is 14.6 Å². The summed E-state index contributed by atoms with van der Waals surface area (Å²) in [6, 6.07) is 6.38. The van der Waals surface area contributed by atoms with E-state index in [1.807, 2.05) is 12.1 Å². The van der Waals surface area contributed by atoms with E-state index in [1.165, 1.54) is 22.3 Å². The molecule has 4 heteroatoms. The Morgan fingerprint density at radius 2 is 1.97 bits per heavy atom. The summed E-state index contributed by atoms with van der Waals surface area (Å²) in [7, 11) is 0. The molecule has 1 aliphatic heterocycles. The summed E-state index contributed by atoms with van der Waals surface area (Å²) in [6.07, 6.45) is 10.7. The van der Waals surface area contributed by atoms with Crippen LogP contribution < -0.4 is 9.47 Å². The maximum absolute atomic E-state index is 12.2. The fraction of sp³-hybridized carbons (Fsp3) is 0.581. The molecule has 1 aromatic rings. The second kappa shape index (κ2) is 8.56. The summed E-state index contributed by atoms with van der Waals surface area (Å²) in [5, 5.41) is 12.1. The molecule has 0 unspecified atom stereocenters. The minimum Gasteiger partial charge on any atom is -0.454 e. The molecular weight excluding hydrogens is 436 g/mol. The highest BCUT2D eigenvalue weighted by atomic mass is 16.7. The van der Waals surface area contributed by atoms with E-state index >= 15 is 0 Å². The number of allylic oxidation sites excluding steroid dienone is 4.